The fourth-order valence-corrected chi connectivity index (χ4v) is 2.06. The minimum atomic E-state index is 0.0173. The molecule has 0 spiro atoms. The lowest BCUT2D eigenvalue weighted by atomic mass is 10.1. The summed E-state index contributed by atoms with van der Waals surface area (Å²) in [5, 5.41) is 12.4. The fraction of sp³-hybridized carbons (Fsp3) is 0.917. The van der Waals surface area contributed by atoms with Crippen LogP contribution in [-0.2, 0) is 0 Å². The molecular formula is C12H21N3. The standard InChI is InChI=1S/C12H21N3/c1-9(10-3-4-10)15(2)8-12(7-13)14-11-5-6-11/h9-12,14H,3-6,8H2,1-2H3. The molecule has 0 bridgehead atoms. The quantitative estimate of drug-likeness (QED) is 0.715. The lowest BCUT2D eigenvalue weighted by Gasteiger charge is -2.26. The summed E-state index contributed by atoms with van der Waals surface area (Å²) < 4.78 is 0. The maximum Gasteiger partial charge on any atom is 0.108 e. The van der Waals surface area contributed by atoms with Gasteiger partial charge in [0.1, 0.15) is 6.04 Å². The Balaban J connectivity index is 1.74. The minimum absolute atomic E-state index is 0.0173. The van der Waals surface area contributed by atoms with Crippen molar-refractivity contribution in [3.8, 4) is 6.07 Å². The van der Waals surface area contributed by atoms with Crippen molar-refractivity contribution < 1.29 is 0 Å². The second kappa shape index (κ2) is 4.51. The summed E-state index contributed by atoms with van der Waals surface area (Å²) in [6.45, 7) is 3.15. The molecule has 2 unspecified atom stereocenters. The minimum Gasteiger partial charge on any atom is -0.301 e. The van der Waals surface area contributed by atoms with Crippen LogP contribution >= 0.6 is 0 Å². The second-order valence-corrected chi connectivity index (χ2v) is 5.14. The van der Waals surface area contributed by atoms with Crippen LogP contribution < -0.4 is 5.32 Å². The number of likely N-dealkylation sites (N-methyl/N-ethyl adjacent to an activating group) is 1. The molecule has 2 fully saturated rings. The van der Waals surface area contributed by atoms with Gasteiger partial charge in [0.05, 0.1) is 6.07 Å². The Labute approximate surface area is 92.4 Å². The number of rotatable bonds is 6. The average Bonchev–Trinajstić information content (AvgIpc) is 3.07. The number of hydrogen-bond acceptors (Lipinski definition) is 3. The Hall–Kier alpha value is -0.590. The predicted octanol–water partition coefficient (Wildman–Crippen LogP) is 1.36. The Morgan fingerprint density at radius 2 is 2.07 bits per heavy atom. The first kappa shape index (κ1) is 10.9. The smallest absolute Gasteiger partial charge is 0.108 e. The zero-order chi connectivity index (χ0) is 10.8. The van der Waals surface area contributed by atoms with Gasteiger partial charge in [-0.15, -0.1) is 0 Å². The molecule has 3 nitrogen and oxygen atoms in total. The van der Waals surface area contributed by atoms with Crippen molar-refractivity contribution in [2.45, 2.75) is 50.7 Å². The molecule has 0 amide bonds. The summed E-state index contributed by atoms with van der Waals surface area (Å²) in [5.41, 5.74) is 0. The highest BCUT2D eigenvalue weighted by atomic mass is 15.2. The average molecular weight is 207 g/mol. The lowest BCUT2D eigenvalue weighted by Crippen LogP contribution is -2.43. The Morgan fingerprint density at radius 3 is 2.53 bits per heavy atom. The molecule has 3 heteroatoms. The molecule has 15 heavy (non-hydrogen) atoms. The molecule has 1 N–H and O–H groups in total. The van der Waals surface area contributed by atoms with Gasteiger partial charge in [-0.05, 0) is 45.6 Å². The van der Waals surface area contributed by atoms with E-state index in [1.54, 1.807) is 0 Å². The first-order valence-electron chi connectivity index (χ1n) is 6.06. The van der Waals surface area contributed by atoms with Gasteiger partial charge in [-0.1, -0.05) is 0 Å². The molecule has 0 heterocycles. The summed E-state index contributed by atoms with van der Waals surface area (Å²) in [7, 11) is 2.14. The van der Waals surface area contributed by atoms with E-state index in [9.17, 15) is 0 Å². The SMILES string of the molecule is CC(C1CC1)N(C)CC(C#N)NC1CC1. The van der Waals surface area contributed by atoms with Gasteiger partial charge in [0, 0.05) is 18.6 Å². The first-order chi connectivity index (χ1) is 7.20. The van der Waals surface area contributed by atoms with E-state index in [0.717, 1.165) is 12.5 Å². The van der Waals surface area contributed by atoms with E-state index in [1.165, 1.54) is 25.7 Å². The van der Waals surface area contributed by atoms with E-state index in [4.69, 9.17) is 5.26 Å². The van der Waals surface area contributed by atoms with Crippen molar-refractivity contribution in [2.24, 2.45) is 5.92 Å². The molecule has 0 aromatic carbocycles. The zero-order valence-electron chi connectivity index (χ0n) is 9.74. The van der Waals surface area contributed by atoms with E-state index >= 15 is 0 Å². The Morgan fingerprint density at radius 1 is 1.40 bits per heavy atom. The molecule has 0 radical (unpaired) electrons. The lowest BCUT2D eigenvalue weighted by molar-refractivity contribution is 0.222. The van der Waals surface area contributed by atoms with Crippen LogP contribution in [0.5, 0.6) is 0 Å². The van der Waals surface area contributed by atoms with Crippen LogP contribution in [0, 0.1) is 17.2 Å². The van der Waals surface area contributed by atoms with Gasteiger partial charge in [-0.2, -0.15) is 5.26 Å². The van der Waals surface area contributed by atoms with E-state index in [0.29, 0.717) is 12.1 Å². The highest BCUT2D eigenvalue weighted by molar-refractivity contribution is 4.98. The highest BCUT2D eigenvalue weighted by Gasteiger charge is 2.32. The van der Waals surface area contributed by atoms with Gasteiger partial charge in [0.2, 0.25) is 0 Å². The van der Waals surface area contributed by atoms with E-state index in [1.807, 2.05) is 0 Å². The monoisotopic (exact) mass is 207 g/mol. The maximum absolute atomic E-state index is 9.05. The molecule has 2 atom stereocenters. The van der Waals surface area contributed by atoms with Crippen molar-refractivity contribution in [2.75, 3.05) is 13.6 Å². The summed E-state index contributed by atoms with van der Waals surface area (Å²) >= 11 is 0. The van der Waals surface area contributed by atoms with Crippen LogP contribution in [0.25, 0.3) is 0 Å². The van der Waals surface area contributed by atoms with Crippen molar-refractivity contribution >= 4 is 0 Å². The van der Waals surface area contributed by atoms with Gasteiger partial charge in [-0.25, -0.2) is 0 Å². The van der Waals surface area contributed by atoms with Crippen LogP contribution in [0.15, 0.2) is 0 Å². The molecule has 0 aromatic rings. The van der Waals surface area contributed by atoms with Crippen LogP contribution in [0.2, 0.25) is 0 Å². The van der Waals surface area contributed by atoms with Crippen molar-refractivity contribution in [1.29, 1.82) is 5.26 Å². The van der Waals surface area contributed by atoms with Gasteiger partial charge in [0.25, 0.3) is 0 Å². The van der Waals surface area contributed by atoms with Gasteiger partial charge in [0.15, 0.2) is 0 Å². The van der Waals surface area contributed by atoms with Crippen LogP contribution in [-0.4, -0.2) is 36.6 Å². The van der Waals surface area contributed by atoms with Crippen LogP contribution in [0.3, 0.4) is 0 Å². The van der Waals surface area contributed by atoms with Gasteiger partial charge < -0.3 is 4.90 Å². The van der Waals surface area contributed by atoms with Gasteiger partial charge in [-0.3, -0.25) is 5.32 Å². The van der Waals surface area contributed by atoms with Crippen LogP contribution in [0.1, 0.15) is 32.6 Å². The number of nitriles is 1. The summed E-state index contributed by atoms with van der Waals surface area (Å²) in [6.07, 6.45) is 5.25. The maximum atomic E-state index is 9.05. The molecular weight excluding hydrogens is 186 g/mol. The molecule has 0 aliphatic heterocycles. The van der Waals surface area contributed by atoms with Crippen LogP contribution in [0.4, 0.5) is 0 Å². The summed E-state index contributed by atoms with van der Waals surface area (Å²) in [6, 6.07) is 3.65. The third-order valence-corrected chi connectivity index (χ3v) is 3.64. The number of nitrogens with zero attached hydrogens (tertiary/aromatic N) is 2. The Kier molecular flexibility index (Phi) is 3.28. The van der Waals surface area contributed by atoms with Crippen molar-refractivity contribution in [1.82, 2.24) is 10.2 Å². The highest BCUT2D eigenvalue weighted by Crippen LogP contribution is 2.34. The largest absolute Gasteiger partial charge is 0.301 e. The fourth-order valence-electron chi connectivity index (χ4n) is 2.06. The second-order valence-electron chi connectivity index (χ2n) is 5.14. The Bertz CT molecular complexity index is 250. The van der Waals surface area contributed by atoms with Crippen molar-refractivity contribution in [3.05, 3.63) is 0 Å². The van der Waals surface area contributed by atoms with E-state index < -0.39 is 0 Å². The third-order valence-electron chi connectivity index (χ3n) is 3.64. The van der Waals surface area contributed by atoms with E-state index in [2.05, 4.69) is 30.3 Å². The molecule has 84 valence electrons. The molecule has 2 aliphatic rings. The summed E-state index contributed by atoms with van der Waals surface area (Å²) in [5.74, 6) is 0.885. The van der Waals surface area contributed by atoms with Crippen molar-refractivity contribution in [3.63, 3.8) is 0 Å². The zero-order valence-corrected chi connectivity index (χ0v) is 9.74. The van der Waals surface area contributed by atoms with Gasteiger partial charge >= 0.3 is 0 Å². The number of nitrogens with one attached hydrogen (secondary N) is 1. The molecule has 0 aromatic heterocycles. The topological polar surface area (TPSA) is 39.1 Å². The first-order valence-corrected chi connectivity index (χ1v) is 6.06. The summed E-state index contributed by atoms with van der Waals surface area (Å²) in [4.78, 5) is 2.33. The molecule has 2 aliphatic carbocycles. The molecule has 2 rings (SSSR count). The number of hydrogen-bond donors (Lipinski definition) is 1. The molecule has 0 saturated heterocycles. The molecule has 2 saturated carbocycles. The van der Waals surface area contributed by atoms with E-state index in [-0.39, 0.29) is 6.04 Å². The predicted molar refractivity (Wildman–Crippen MR) is 60.4 cm³/mol. The normalized spacial score (nSPS) is 24.9. The third kappa shape index (κ3) is 3.19.